The lowest BCUT2D eigenvalue weighted by Crippen LogP contribution is -1.92. The molecule has 0 nitrogen and oxygen atoms in total. The van der Waals surface area contributed by atoms with E-state index in [1.165, 1.54) is 35.1 Å². The lowest BCUT2D eigenvalue weighted by Gasteiger charge is -2.10. The molecule has 0 unspecified atom stereocenters. The molecular formula is C15H14. The van der Waals surface area contributed by atoms with Gasteiger partial charge in [0.2, 0.25) is 0 Å². The van der Waals surface area contributed by atoms with Crippen molar-refractivity contribution in [2.45, 2.75) is 25.7 Å². The fourth-order valence-corrected chi connectivity index (χ4v) is 2.53. The van der Waals surface area contributed by atoms with E-state index in [-0.39, 0.29) is 0 Å². The van der Waals surface area contributed by atoms with Crippen LogP contribution in [0.2, 0.25) is 0 Å². The molecule has 3 rings (SSSR count). The Hall–Kier alpha value is -1.52. The molecule has 0 amide bonds. The van der Waals surface area contributed by atoms with Crippen molar-refractivity contribution in [3.8, 4) is 0 Å². The van der Waals surface area contributed by atoms with Crippen molar-refractivity contribution in [1.29, 1.82) is 0 Å². The SMILES string of the molecule is C=CC1=CC(=C2CC3=C=C(CC3)C2)C=C1. The van der Waals surface area contributed by atoms with Crippen molar-refractivity contribution in [1.82, 2.24) is 0 Å². The van der Waals surface area contributed by atoms with Gasteiger partial charge in [-0.05, 0) is 54.1 Å². The molecule has 3 aliphatic rings. The normalized spacial score (nSPS) is 22.8. The second-order valence-electron chi connectivity index (χ2n) is 4.43. The Balaban J connectivity index is 1.95. The van der Waals surface area contributed by atoms with Crippen molar-refractivity contribution >= 4 is 0 Å². The van der Waals surface area contributed by atoms with Gasteiger partial charge in [-0.2, -0.15) is 0 Å². The van der Waals surface area contributed by atoms with Crippen molar-refractivity contribution in [2.24, 2.45) is 0 Å². The van der Waals surface area contributed by atoms with Crippen LogP contribution in [-0.2, 0) is 0 Å². The average molecular weight is 194 g/mol. The average Bonchev–Trinajstić information content (AvgIpc) is 2.85. The predicted octanol–water partition coefficient (Wildman–Crippen LogP) is 4.00. The van der Waals surface area contributed by atoms with Gasteiger partial charge in [-0.1, -0.05) is 30.4 Å². The first-order valence-electron chi connectivity index (χ1n) is 5.56. The van der Waals surface area contributed by atoms with E-state index in [4.69, 9.17) is 0 Å². The molecule has 0 aromatic carbocycles. The molecule has 0 aromatic rings. The fraction of sp³-hybridized carbons (Fsp3) is 0.267. The lowest BCUT2D eigenvalue weighted by atomic mass is 9.94. The summed E-state index contributed by atoms with van der Waals surface area (Å²) in [5.41, 5.74) is 10.7. The molecule has 0 saturated carbocycles. The van der Waals surface area contributed by atoms with Crippen LogP contribution in [0.25, 0.3) is 0 Å². The van der Waals surface area contributed by atoms with Crippen molar-refractivity contribution in [3.63, 3.8) is 0 Å². The second-order valence-corrected chi connectivity index (χ2v) is 4.43. The topological polar surface area (TPSA) is 0 Å². The maximum atomic E-state index is 3.80. The molecule has 0 heterocycles. The first-order valence-corrected chi connectivity index (χ1v) is 5.56. The molecule has 0 radical (unpaired) electrons. The Bertz CT molecular complexity index is 466. The molecule has 0 atom stereocenters. The number of hydrogen-bond donors (Lipinski definition) is 0. The maximum Gasteiger partial charge on any atom is -0.00196 e. The third kappa shape index (κ3) is 1.48. The van der Waals surface area contributed by atoms with Gasteiger partial charge in [0.05, 0.1) is 0 Å². The quantitative estimate of drug-likeness (QED) is 0.553. The summed E-state index contributed by atoms with van der Waals surface area (Å²) in [5.74, 6) is 0. The highest BCUT2D eigenvalue weighted by molar-refractivity contribution is 5.54. The molecule has 0 aliphatic heterocycles. The van der Waals surface area contributed by atoms with Crippen LogP contribution in [0.1, 0.15) is 25.7 Å². The molecule has 3 aliphatic carbocycles. The van der Waals surface area contributed by atoms with E-state index < -0.39 is 0 Å². The Kier molecular flexibility index (Phi) is 1.90. The third-order valence-corrected chi connectivity index (χ3v) is 3.36. The Morgan fingerprint density at radius 1 is 1.13 bits per heavy atom. The first-order chi connectivity index (χ1) is 7.35. The third-order valence-electron chi connectivity index (χ3n) is 3.36. The lowest BCUT2D eigenvalue weighted by molar-refractivity contribution is 0.974. The van der Waals surface area contributed by atoms with Gasteiger partial charge in [0.25, 0.3) is 0 Å². The summed E-state index contributed by atoms with van der Waals surface area (Å²) in [6.45, 7) is 3.80. The van der Waals surface area contributed by atoms with Crippen LogP contribution in [0.15, 0.2) is 64.5 Å². The van der Waals surface area contributed by atoms with Gasteiger partial charge in [-0.3, -0.25) is 0 Å². The smallest absolute Gasteiger partial charge is 0.00196 e. The molecule has 0 spiro atoms. The van der Waals surface area contributed by atoms with E-state index in [0.29, 0.717) is 0 Å². The van der Waals surface area contributed by atoms with Gasteiger partial charge >= 0.3 is 0 Å². The molecule has 0 heteroatoms. The van der Waals surface area contributed by atoms with Crippen LogP contribution in [0.3, 0.4) is 0 Å². The molecule has 0 fully saturated rings. The summed E-state index contributed by atoms with van der Waals surface area (Å²) in [6, 6.07) is 0. The van der Waals surface area contributed by atoms with E-state index in [0.717, 1.165) is 12.8 Å². The summed E-state index contributed by atoms with van der Waals surface area (Å²) in [5, 5.41) is 0. The van der Waals surface area contributed by atoms with Gasteiger partial charge in [0.15, 0.2) is 0 Å². The summed E-state index contributed by atoms with van der Waals surface area (Å²) in [7, 11) is 0. The number of allylic oxidation sites excluding steroid dienone is 8. The minimum atomic E-state index is 1.14. The van der Waals surface area contributed by atoms with Gasteiger partial charge in [0, 0.05) is 0 Å². The van der Waals surface area contributed by atoms with Crippen molar-refractivity contribution < 1.29 is 0 Å². The van der Waals surface area contributed by atoms with Gasteiger partial charge in [0.1, 0.15) is 0 Å². The van der Waals surface area contributed by atoms with Crippen LogP contribution < -0.4 is 0 Å². The van der Waals surface area contributed by atoms with Crippen LogP contribution >= 0.6 is 0 Å². The van der Waals surface area contributed by atoms with Crippen LogP contribution in [-0.4, -0.2) is 0 Å². The van der Waals surface area contributed by atoms with Gasteiger partial charge in [-0.25, -0.2) is 0 Å². The monoisotopic (exact) mass is 194 g/mol. The van der Waals surface area contributed by atoms with Crippen LogP contribution in [0.5, 0.6) is 0 Å². The molecule has 2 bridgehead atoms. The molecule has 0 saturated heterocycles. The number of hydrogen-bond acceptors (Lipinski definition) is 0. The zero-order chi connectivity index (χ0) is 10.3. The minimum absolute atomic E-state index is 1.14. The highest BCUT2D eigenvalue weighted by Gasteiger charge is 2.20. The van der Waals surface area contributed by atoms with E-state index in [1.54, 1.807) is 5.57 Å². The summed E-state index contributed by atoms with van der Waals surface area (Å²) in [4.78, 5) is 0. The highest BCUT2D eigenvalue weighted by Crippen LogP contribution is 2.38. The summed E-state index contributed by atoms with van der Waals surface area (Å²) in [6.07, 6.45) is 13.3. The van der Waals surface area contributed by atoms with Crippen LogP contribution in [0.4, 0.5) is 0 Å². The summed E-state index contributed by atoms with van der Waals surface area (Å²) < 4.78 is 0. The fourth-order valence-electron chi connectivity index (χ4n) is 2.53. The first kappa shape index (κ1) is 8.76. The van der Waals surface area contributed by atoms with Crippen molar-refractivity contribution in [2.75, 3.05) is 0 Å². The zero-order valence-corrected chi connectivity index (χ0v) is 8.84. The molecule has 0 aromatic heterocycles. The Labute approximate surface area is 90.7 Å². The zero-order valence-electron chi connectivity index (χ0n) is 8.84. The van der Waals surface area contributed by atoms with E-state index in [1.807, 2.05) is 6.08 Å². The molecule has 0 N–H and O–H groups in total. The van der Waals surface area contributed by atoms with E-state index in [2.05, 4.69) is 30.5 Å². The predicted molar refractivity (Wildman–Crippen MR) is 63.5 cm³/mol. The largest absolute Gasteiger partial charge is 0.122 e. The van der Waals surface area contributed by atoms with Crippen LogP contribution in [0, 0.1) is 0 Å². The molecule has 15 heavy (non-hydrogen) atoms. The molecule has 74 valence electrons. The second kappa shape index (κ2) is 3.25. The highest BCUT2D eigenvalue weighted by atomic mass is 14.2. The standard InChI is InChI=1S/C15H14/c1-2-11-5-6-14(8-11)15-9-12-3-4-13(7-12)10-15/h2,5-6,8H,1,3-4,9-10H2. The summed E-state index contributed by atoms with van der Waals surface area (Å²) >= 11 is 0. The van der Waals surface area contributed by atoms with Crippen molar-refractivity contribution in [3.05, 3.63) is 64.5 Å². The Morgan fingerprint density at radius 2 is 1.87 bits per heavy atom. The van der Waals surface area contributed by atoms with Gasteiger partial charge < -0.3 is 0 Å². The maximum absolute atomic E-state index is 3.80. The molecular weight excluding hydrogens is 180 g/mol. The van der Waals surface area contributed by atoms with E-state index in [9.17, 15) is 0 Å². The Morgan fingerprint density at radius 3 is 2.47 bits per heavy atom. The van der Waals surface area contributed by atoms with Gasteiger partial charge in [-0.15, -0.1) is 5.73 Å². The number of rotatable bonds is 1. The minimum Gasteiger partial charge on any atom is -0.122 e. The van der Waals surface area contributed by atoms with E-state index >= 15 is 0 Å².